The molecule has 0 aromatic rings. The summed E-state index contributed by atoms with van der Waals surface area (Å²) >= 11 is 0. The normalized spacial score (nSPS) is 8.83. The summed E-state index contributed by atoms with van der Waals surface area (Å²) in [4.78, 5) is 0. The molecule has 6 heteroatoms. The highest BCUT2D eigenvalue weighted by Crippen LogP contribution is 2.20. The van der Waals surface area contributed by atoms with Crippen molar-refractivity contribution in [3.05, 3.63) is 0 Å². The molecule has 0 aliphatic heterocycles. The van der Waals surface area contributed by atoms with E-state index in [-0.39, 0.29) is 0 Å². The van der Waals surface area contributed by atoms with Gasteiger partial charge in [-0.05, 0) is 0 Å². The van der Waals surface area contributed by atoms with Gasteiger partial charge in [-0.1, -0.05) is 0 Å². The molecule has 0 aromatic carbocycles. The van der Waals surface area contributed by atoms with Crippen LogP contribution in [0.25, 0.3) is 0 Å². The Bertz CT molecular complexity index is 24.9. The van der Waals surface area contributed by atoms with E-state index >= 15 is 0 Å². The van der Waals surface area contributed by atoms with E-state index in [1.54, 1.807) is 0 Å². The Labute approximate surface area is 45.1 Å². The summed E-state index contributed by atoms with van der Waals surface area (Å²) in [6.45, 7) is 0. The molecule has 0 nitrogen and oxygen atoms in total. The zero-order valence-corrected chi connectivity index (χ0v) is 5.92. The lowest BCUT2D eigenvalue weighted by Gasteiger charge is -2.03. The molecule has 0 heterocycles. The average molecular weight is 93.1 g/mol. The summed E-state index contributed by atoms with van der Waals surface area (Å²) < 4.78 is 0. The quantitative estimate of drug-likeness (QED) is 0.237. The van der Waals surface area contributed by atoms with Crippen molar-refractivity contribution in [1.29, 1.82) is 0 Å². The van der Waals surface area contributed by atoms with Gasteiger partial charge in [0.25, 0.3) is 0 Å². The van der Waals surface area contributed by atoms with Gasteiger partial charge < -0.3 is 0 Å². The van der Waals surface area contributed by atoms with Crippen LogP contribution in [0.15, 0.2) is 0 Å². The summed E-state index contributed by atoms with van der Waals surface area (Å²) in [5, 5.41) is 0. The molecule has 6 heavy (non-hydrogen) atoms. The maximum Gasteiger partial charge on any atom is 0.112 e. The molecular weight excluding hydrogens is 85.0 g/mol. The zero-order valence-electron chi connectivity index (χ0n) is 5.02. The van der Waals surface area contributed by atoms with Crippen LogP contribution in [0.1, 0.15) is 0 Å². The van der Waals surface area contributed by atoms with Gasteiger partial charge in [-0.25, -0.2) is 7.56 Å². The second-order valence-corrected chi connectivity index (χ2v) is 5.02. The molecule has 0 aromatic heterocycles. The van der Waals surface area contributed by atoms with E-state index in [1.165, 1.54) is 0 Å². The van der Waals surface area contributed by atoms with E-state index in [0.29, 0.717) is 7.56 Å². The lowest BCUT2D eigenvalue weighted by atomic mass is 9.37. The molecule has 0 saturated carbocycles. The van der Waals surface area contributed by atoms with E-state index in [1.807, 2.05) is 0 Å². The Morgan fingerprint density at radius 2 is 1.33 bits per heavy atom. The van der Waals surface area contributed by atoms with Crippen molar-refractivity contribution in [2.45, 2.75) is 0 Å². The van der Waals surface area contributed by atoms with Gasteiger partial charge in [0.1, 0.15) is 15.1 Å². The fraction of sp³-hybridized carbons (Fsp3) is 0. The Morgan fingerprint density at radius 1 is 1.17 bits per heavy atom. The van der Waals surface area contributed by atoms with E-state index in [2.05, 4.69) is 30.6 Å². The third kappa shape index (κ3) is 2.96. The minimum atomic E-state index is 0.341. The van der Waals surface area contributed by atoms with Gasteiger partial charge in [-0.3, -0.25) is 0 Å². The molecular formula is H8B5P. The van der Waals surface area contributed by atoms with Crippen molar-refractivity contribution < 1.29 is 0 Å². The number of hydrogen-bond donors (Lipinski definition) is 0. The lowest BCUT2D eigenvalue weighted by molar-refractivity contribution is 4.02. The van der Waals surface area contributed by atoms with Gasteiger partial charge in [-0.15, -0.1) is 0 Å². The van der Waals surface area contributed by atoms with E-state index in [0.717, 1.165) is 6.21 Å². The van der Waals surface area contributed by atoms with E-state index in [9.17, 15) is 0 Å². The number of rotatable bonds is 1. The molecule has 0 spiro atoms. The standard InChI is InChI=1S/B5H8P/c1-5(2)6(3)4/h1-4H2. The van der Waals surface area contributed by atoms with Gasteiger partial charge >= 0.3 is 0 Å². The maximum absolute atomic E-state index is 2.31. The van der Waals surface area contributed by atoms with Crippen molar-refractivity contribution in [1.82, 2.24) is 0 Å². The Balaban J connectivity index is 2.99. The Morgan fingerprint density at radius 3 is 1.33 bits per heavy atom. The highest BCUT2D eigenvalue weighted by atomic mass is 31.1. The fourth-order valence-electron chi connectivity index (χ4n) is 0. The van der Waals surface area contributed by atoms with Crippen LogP contribution < -0.4 is 0 Å². The van der Waals surface area contributed by atoms with Crippen molar-refractivity contribution in [3.8, 4) is 0 Å². The average Bonchev–Trinajstić information content (AvgIpc) is 1.36. The molecule has 0 atom stereocenters. The highest BCUT2D eigenvalue weighted by molar-refractivity contribution is 8.29. The zero-order chi connectivity index (χ0) is 5.15. The van der Waals surface area contributed by atoms with Crippen molar-refractivity contribution in [3.63, 3.8) is 0 Å². The highest BCUT2D eigenvalue weighted by Gasteiger charge is 1.99. The van der Waals surface area contributed by atoms with Crippen molar-refractivity contribution in [2.75, 3.05) is 0 Å². The molecule has 0 aliphatic carbocycles. The fourth-order valence-corrected chi connectivity index (χ4v) is 0. The molecule has 0 unspecified atom stereocenters. The van der Waals surface area contributed by atoms with Crippen LogP contribution in [0.3, 0.4) is 0 Å². The van der Waals surface area contributed by atoms with Gasteiger partial charge in [0.2, 0.25) is 0 Å². The first-order valence-electron chi connectivity index (χ1n) is 2.31. The maximum atomic E-state index is 2.31. The van der Waals surface area contributed by atoms with Crippen molar-refractivity contribution in [2.24, 2.45) is 0 Å². The Kier molecular flexibility index (Phi) is 3.21. The van der Waals surface area contributed by atoms with Gasteiger partial charge in [0, 0.05) is 0 Å². The second kappa shape index (κ2) is 2.85. The lowest BCUT2D eigenvalue weighted by Crippen LogP contribution is -2.10. The molecule has 0 bridgehead atoms. The summed E-state index contributed by atoms with van der Waals surface area (Å²) in [5.74, 6) is 0. The van der Waals surface area contributed by atoms with Crippen LogP contribution in [-0.2, 0) is 0 Å². The molecule has 0 N–H and O–H groups in total. The molecule has 0 fully saturated rings. The summed E-state index contributed by atoms with van der Waals surface area (Å²) in [6.07, 6.45) is 0.917. The van der Waals surface area contributed by atoms with Crippen LogP contribution >= 0.6 is 7.56 Å². The molecule has 28 valence electrons. The first-order valence-corrected chi connectivity index (χ1v) is 4.61. The van der Waals surface area contributed by atoms with E-state index in [4.69, 9.17) is 0 Å². The van der Waals surface area contributed by atoms with Crippen LogP contribution in [0.5, 0.6) is 0 Å². The third-order valence-electron chi connectivity index (χ3n) is 1.03. The monoisotopic (exact) mass is 94.1 g/mol. The predicted molar refractivity (Wildman–Crippen MR) is 46.9 cm³/mol. The molecule has 0 rings (SSSR count). The summed E-state index contributed by atoms with van der Waals surface area (Å²) in [7, 11) is 9.49. The first-order chi connectivity index (χ1) is 2.64. The van der Waals surface area contributed by atoms with E-state index < -0.39 is 0 Å². The predicted octanol–water partition coefficient (Wildman–Crippen LogP) is -3.18. The second-order valence-electron chi connectivity index (χ2n) is 2.06. The minimum Gasteiger partial charge on any atom is -0.234 e. The Hall–Kier alpha value is 0.755. The third-order valence-corrected chi connectivity index (χ3v) is 3.10. The van der Waals surface area contributed by atoms with Crippen LogP contribution in [0.4, 0.5) is 0 Å². The molecule has 0 radical (unpaired) electrons. The molecule has 0 amide bonds. The SMILES string of the molecule is BB(B)P(B)B. The van der Waals surface area contributed by atoms with Crippen LogP contribution in [0.2, 0.25) is 0 Å². The van der Waals surface area contributed by atoms with Gasteiger partial charge in [0.15, 0.2) is 0 Å². The number of hydrogen-bond acceptors (Lipinski definition) is 0. The van der Waals surface area contributed by atoms with Crippen LogP contribution in [0, 0.1) is 0 Å². The molecule has 0 aliphatic rings. The summed E-state index contributed by atoms with van der Waals surface area (Å²) in [6, 6.07) is 0. The minimum absolute atomic E-state index is 0.341. The smallest absolute Gasteiger partial charge is 0.112 e. The largest absolute Gasteiger partial charge is 0.234 e. The van der Waals surface area contributed by atoms with Crippen molar-refractivity contribution >= 4 is 44.4 Å². The topological polar surface area (TPSA) is 0 Å². The van der Waals surface area contributed by atoms with Crippen LogP contribution in [-0.4, -0.2) is 36.8 Å². The first kappa shape index (κ1) is 6.75. The van der Waals surface area contributed by atoms with Gasteiger partial charge in [-0.2, -0.15) is 0 Å². The summed E-state index contributed by atoms with van der Waals surface area (Å²) in [5.41, 5.74) is 0. The molecule has 0 saturated heterocycles. The van der Waals surface area contributed by atoms with Gasteiger partial charge in [0.05, 0.1) is 21.7 Å².